The second-order valence-corrected chi connectivity index (χ2v) is 3.96. The predicted octanol–water partition coefficient (Wildman–Crippen LogP) is 3.13. The summed E-state index contributed by atoms with van der Waals surface area (Å²) in [5, 5.41) is 8.78. The number of nitrogens with zero attached hydrogens (tertiary/aromatic N) is 1. The first-order chi connectivity index (χ1) is 6.69. The number of halogens is 2. The molecule has 0 atom stereocenters. The molecule has 14 heavy (non-hydrogen) atoms. The minimum absolute atomic E-state index is 0.0992. The van der Waals surface area contributed by atoms with Gasteiger partial charge in [0.2, 0.25) is 0 Å². The molecule has 2 nitrogen and oxygen atoms in total. The molecule has 4 heteroatoms. The van der Waals surface area contributed by atoms with Gasteiger partial charge in [0, 0.05) is 22.3 Å². The molecule has 0 saturated heterocycles. The Morgan fingerprint density at radius 1 is 1.57 bits per heavy atom. The lowest BCUT2D eigenvalue weighted by atomic mass is 10.0. The molecule has 0 spiro atoms. The van der Waals surface area contributed by atoms with Gasteiger partial charge in [0.1, 0.15) is 0 Å². The van der Waals surface area contributed by atoms with Gasteiger partial charge < -0.3 is 0 Å². The van der Waals surface area contributed by atoms with Crippen LogP contribution in [0.4, 0.5) is 0 Å². The number of ketones is 1. The number of hydrogen-bond donors (Lipinski definition) is 0. The summed E-state index contributed by atoms with van der Waals surface area (Å²) >= 11 is 8.72. The smallest absolute Gasteiger partial charge is 0.165 e. The molecule has 0 unspecified atom stereocenters. The summed E-state index contributed by atoms with van der Waals surface area (Å²) in [6.07, 6.45) is 0.257. The Morgan fingerprint density at radius 2 is 2.29 bits per heavy atom. The van der Waals surface area contributed by atoms with Crippen molar-refractivity contribution < 1.29 is 4.79 Å². The number of rotatable bonds is 3. The van der Waals surface area contributed by atoms with E-state index in [0.29, 0.717) is 11.1 Å². The van der Waals surface area contributed by atoms with Gasteiger partial charge in [0.25, 0.3) is 0 Å². The lowest BCUT2D eigenvalue weighted by molar-refractivity contribution is 0.0989. The van der Waals surface area contributed by atoms with Crippen molar-refractivity contribution in [3.05, 3.63) is 33.8 Å². The molecule has 0 aliphatic carbocycles. The van der Waals surface area contributed by atoms with E-state index < -0.39 is 0 Å². The van der Waals surface area contributed by atoms with Crippen LogP contribution in [0.15, 0.2) is 22.7 Å². The van der Waals surface area contributed by atoms with Crippen LogP contribution in [0.3, 0.4) is 0 Å². The molecular formula is C10H7BrClNO. The summed E-state index contributed by atoms with van der Waals surface area (Å²) in [4.78, 5) is 11.5. The Morgan fingerprint density at radius 3 is 2.86 bits per heavy atom. The highest BCUT2D eigenvalue weighted by molar-refractivity contribution is 9.10. The number of alkyl halides is 1. The topological polar surface area (TPSA) is 40.9 Å². The van der Waals surface area contributed by atoms with Crippen LogP contribution in [0.1, 0.15) is 22.3 Å². The van der Waals surface area contributed by atoms with Gasteiger partial charge in [-0.25, -0.2) is 0 Å². The van der Waals surface area contributed by atoms with E-state index in [2.05, 4.69) is 15.9 Å². The van der Waals surface area contributed by atoms with E-state index in [1.807, 2.05) is 6.07 Å². The molecule has 0 radical (unpaired) electrons. The Labute approximate surface area is 95.6 Å². The number of carbonyl (C=O) groups is 1. The second kappa shape index (κ2) is 5.14. The Bertz CT molecular complexity index is 398. The van der Waals surface area contributed by atoms with Gasteiger partial charge in [-0.3, -0.25) is 4.79 Å². The Kier molecular flexibility index (Phi) is 4.12. The van der Waals surface area contributed by atoms with Crippen LogP contribution in [-0.4, -0.2) is 11.7 Å². The van der Waals surface area contributed by atoms with Crippen molar-refractivity contribution in [2.45, 2.75) is 6.42 Å². The monoisotopic (exact) mass is 271 g/mol. The molecule has 72 valence electrons. The minimum atomic E-state index is -0.0992. The lowest BCUT2D eigenvalue weighted by Crippen LogP contribution is -2.02. The molecule has 1 rings (SSSR count). The Balaban J connectivity index is 3.12. The van der Waals surface area contributed by atoms with Crippen LogP contribution in [0.2, 0.25) is 0 Å². The average Bonchev–Trinajstić information content (AvgIpc) is 2.18. The van der Waals surface area contributed by atoms with E-state index in [1.165, 1.54) is 0 Å². The van der Waals surface area contributed by atoms with Crippen LogP contribution in [0.5, 0.6) is 0 Å². The van der Waals surface area contributed by atoms with E-state index >= 15 is 0 Å². The predicted molar refractivity (Wildman–Crippen MR) is 58.5 cm³/mol. The number of carbonyl (C=O) groups excluding carboxylic acids is 1. The van der Waals surface area contributed by atoms with Crippen LogP contribution < -0.4 is 0 Å². The van der Waals surface area contributed by atoms with Crippen molar-refractivity contribution in [3.63, 3.8) is 0 Å². The molecule has 0 bridgehead atoms. The van der Waals surface area contributed by atoms with Crippen molar-refractivity contribution >= 4 is 33.3 Å². The zero-order valence-electron chi connectivity index (χ0n) is 7.26. The molecule has 0 aliphatic rings. The van der Waals surface area contributed by atoms with Gasteiger partial charge in [-0.1, -0.05) is 15.9 Å². The van der Waals surface area contributed by atoms with Crippen molar-refractivity contribution in [2.24, 2.45) is 0 Å². The van der Waals surface area contributed by atoms with E-state index in [1.54, 1.807) is 18.2 Å². The first kappa shape index (κ1) is 11.2. The summed E-state index contributed by atoms with van der Waals surface area (Å²) in [5.41, 5.74) is 0.825. The molecule has 0 saturated carbocycles. The van der Waals surface area contributed by atoms with Gasteiger partial charge in [0.15, 0.2) is 5.78 Å². The number of benzene rings is 1. The van der Waals surface area contributed by atoms with E-state index in [0.717, 1.165) is 4.47 Å². The van der Waals surface area contributed by atoms with Gasteiger partial charge in [0.05, 0.1) is 11.6 Å². The summed E-state index contributed by atoms with van der Waals surface area (Å²) in [6.45, 7) is 0. The first-order valence-corrected chi connectivity index (χ1v) is 5.30. The average molecular weight is 273 g/mol. The van der Waals surface area contributed by atoms with Gasteiger partial charge in [-0.15, -0.1) is 11.6 Å². The molecule has 0 aromatic heterocycles. The number of Topliss-reactive ketones (excluding diaryl/α,β-unsaturated/α-hetero) is 1. The van der Waals surface area contributed by atoms with Crippen LogP contribution in [0, 0.1) is 11.3 Å². The van der Waals surface area contributed by atoms with Crippen molar-refractivity contribution in [3.8, 4) is 6.07 Å². The third-order valence-corrected chi connectivity index (χ3v) is 2.41. The zero-order valence-corrected chi connectivity index (χ0v) is 9.60. The number of nitriles is 1. The van der Waals surface area contributed by atoms with Crippen LogP contribution in [-0.2, 0) is 0 Å². The maximum atomic E-state index is 11.5. The molecule has 0 aliphatic heterocycles. The summed E-state index contributed by atoms with van der Waals surface area (Å²) in [6, 6.07) is 6.97. The summed E-state index contributed by atoms with van der Waals surface area (Å²) < 4.78 is 0.787. The quantitative estimate of drug-likeness (QED) is 0.626. The fourth-order valence-electron chi connectivity index (χ4n) is 1.07. The third-order valence-electron chi connectivity index (χ3n) is 1.72. The van der Waals surface area contributed by atoms with E-state index in [9.17, 15) is 4.79 Å². The zero-order chi connectivity index (χ0) is 10.6. The first-order valence-electron chi connectivity index (χ1n) is 3.98. The molecule has 0 heterocycles. The lowest BCUT2D eigenvalue weighted by Gasteiger charge is -2.01. The molecule has 0 amide bonds. The molecule has 0 fully saturated rings. The van der Waals surface area contributed by atoms with Gasteiger partial charge in [-0.2, -0.15) is 5.26 Å². The summed E-state index contributed by atoms with van der Waals surface area (Å²) in [5.74, 6) is 0.175. The molecular weight excluding hydrogens is 265 g/mol. The number of hydrogen-bond acceptors (Lipinski definition) is 2. The molecule has 0 N–H and O–H groups in total. The standard InChI is InChI=1S/C10H7BrClNO/c11-8-2-1-7(6-13)9(5-8)10(14)3-4-12/h1-2,5H,3-4H2. The minimum Gasteiger partial charge on any atom is -0.294 e. The van der Waals surface area contributed by atoms with E-state index in [4.69, 9.17) is 16.9 Å². The Hall–Kier alpha value is -0.850. The normalized spacial score (nSPS) is 9.50. The van der Waals surface area contributed by atoms with Crippen molar-refractivity contribution in [1.82, 2.24) is 0 Å². The largest absolute Gasteiger partial charge is 0.294 e. The van der Waals surface area contributed by atoms with Crippen molar-refractivity contribution in [1.29, 1.82) is 5.26 Å². The maximum absolute atomic E-state index is 11.5. The van der Waals surface area contributed by atoms with Crippen LogP contribution >= 0.6 is 27.5 Å². The highest BCUT2D eigenvalue weighted by Crippen LogP contribution is 2.17. The highest BCUT2D eigenvalue weighted by atomic mass is 79.9. The fourth-order valence-corrected chi connectivity index (χ4v) is 1.60. The summed E-state index contributed by atoms with van der Waals surface area (Å²) in [7, 11) is 0. The molecule has 1 aromatic rings. The third kappa shape index (κ3) is 2.57. The maximum Gasteiger partial charge on any atom is 0.165 e. The van der Waals surface area contributed by atoms with Crippen molar-refractivity contribution in [2.75, 3.05) is 5.88 Å². The SMILES string of the molecule is N#Cc1ccc(Br)cc1C(=O)CCCl. The second-order valence-electron chi connectivity index (χ2n) is 2.66. The van der Waals surface area contributed by atoms with Gasteiger partial charge >= 0.3 is 0 Å². The fraction of sp³-hybridized carbons (Fsp3) is 0.200. The van der Waals surface area contributed by atoms with Gasteiger partial charge in [-0.05, 0) is 18.2 Å². The highest BCUT2D eigenvalue weighted by Gasteiger charge is 2.10. The van der Waals surface area contributed by atoms with Crippen LogP contribution in [0.25, 0.3) is 0 Å². The van der Waals surface area contributed by atoms with E-state index in [-0.39, 0.29) is 18.1 Å². The molecule has 1 aromatic carbocycles.